The second kappa shape index (κ2) is 5.83. The normalized spacial score (nSPS) is 19.2. The van der Waals surface area contributed by atoms with E-state index in [1.54, 1.807) is 4.90 Å². The van der Waals surface area contributed by atoms with Gasteiger partial charge in [0.25, 0.3) is 0 Å². The van der Waals surface area contributed by atoms with Crippen molar-refractivity contribution >= 4 is 11.7 Å². The van der Waals surface area contributed by atoms with E-state index in [2.05, 4.69) is 26.1 Å². The molecule has 1 atom stereocenters. The third-order valence-corrected chi connectivity index (χ3v) is 3.83. The first kappa shape index (κ1) is 14.9. The molecule has 4 heteroatoms. The minimum atomic E-state index is -0.113. The first-order valence-corrected chi connectivity index (χ1v) is 7.21. The monoisotopic (exact) mass is 276 g/mol. The van der Waals surface area contributed by atoms with Gasteiger partial charge in [0.2, 0.25) is 0 Å². The van der Waals surface area contributed by atoms with Crippen LogP contribution < -0.4 is 5.32 Å². The Morgan fingerprint density at radius 2 is 2.10 bits per heavy atom. The Bertz CT molecular complexity index is 480. The zero-order valence-corrected chi connectivity index (χ0v) is 12.5. The molecule has 2 amide bonds. The molecule has 1 fully saturated rings. The van der Waals surface area contributed by atoms with Crippen LogP contribution in [0.4, 0.5) is 10.5 Å². The molecule has 0 aliphatic carbocycles. The molecule has 2 rings (SSSR count). The van der Waals surface area contributed by atoms with Gasteiger partial charge in [0.1, 0.15) is 0 Å². The molecular formula is C16H24N2O2. The Labute approximate surface area is 120 Å². The highest BCUT2D eigenvalue weighted by atomic mass is 16.3. The smallest absolute Gasteiger partial charge is 0.322 e. The Hall–Kier alpha value is -1.55. The van der Waals surface area contributed by atoms with Gasteiger partial charge < -0.3 is 15.3 Å². The third-order valence-electron chi connectivity index (χ3n) is 3.83. The summed E-state index contributed by atoms with van der Waals surface area (Å²) in [6, 6.07) is 7.74. The number of aliphatic hydroxyl groups is 1. The molecule has 110 valence electrons. The van der Waals surface area contributed by atoms with Crippen LogP contribution in [0.15, 0.2) is 24.3 Å². The molecule has 1 aliphatic rings. The van der Waals surface area contributed by atoms with Gasteiger partial charge in [-0.15, -0.1) is 0 Å². The van der Waals surface area contributed by atoms with E-state index in [9.17, 15) is 9.90 Å². The highest BCUT2D eigenvalue weighted by Crippen LogP contribution is 2.30. The van der Waals surface area contributed by atoms with Crippen molar-refractivity contribution in [3.63, 3.8) is 0 Å². The number of hydrogen-bond acceptors (Lipinski definition) is 2. The number of anilines is 1. The maximum atomic E-state index is 12.4. The van der Waals surface area contributed by atoms with Crippen molar-refractivity contribution in [3.8, 4) is 0 Å². The van der Waals surface area contributed by atoms with Crippen LogP contribution in [0.2, 0.25) is 0 Å². The Morgan fingerprint density at radius 1 is 1.40 bits per heavy atom. The van der Waals surface area contributed by atoms with Crippen LogP contribution in [0.25, 0.3) is 0 Å². The number of benzene rings is 1. The van der Waals surface area contributed by atoms with E-state index in [1.807, 2.05) is 24.3 Å². The maximum absolute atomic E-state index is 12.4. The molecule has 1 heterocycles. The lowest BCUT2D eigenvalue weighted by Crippen LogP contribution is -2.40. The lowest BCUT2D eigenvalue weighted by Gasteiger charge is -2.27. The lowest BCUT2D eigenvalue weighted by atomic mass is 9.86. The third kappa shape index (κ3) is 3.12. The Morgan fingerprint density at radius 3 is 2.75 bits per heavy atom. The van der Waals surface area contributed by atoms with Gasteiger partial charge in [0.05, 0.1) is 12.6 Å². The first-order valence-electron chi connectivity index (χ1n) is 7.21. The fourth-order valence-electron chi connectivity index (χ4n) is 2.73. The van der Waals surface area contributed by atoms with Crippen molar-refractivity contribution in [2.24, 2.45) is 0 Å². The average molecular weight is 276 g/mol. The number of nitrogens with one attached hydrogen (secondary N) is 1. The minimum Gasteiger partial charge on any atom is -0.394 e. The number of para-hydroxylation sites is 1. The summed E-state index contributed by atoms with van der Waals surface area (Å²) >= 11 is 0. The summed E-state index contributed by atoms with van der Waals surface area (Å²) < 4.78 is 0. The van der Waals surface area contributed by atoms with E-state index in [0.717, 1.165) is 30.6 Å². The summed E-state index contributed by atoms with van der Waals surface area (Å²) in [5.74, 6) is 0. The van der Waals surface area contributed by atoms with Gasteiger partial charge in [-0.1, -0.05) is 39.0 Å². The number of aliphatic hydroxyl groups excluding tert-OH is 1. The summed E-state index contributed by atoms with van der Waals surface area (Å²) in [5.41, 5.74) is 1.95. The molecule has 0 aromatic heterocycles. The molecule has 0 radical (unpaired) electrons. The van der Waals surface area contributed by atoms with Crippen LogP contribution in [0, 0.1) is 0 Å². The zero-order chi connectivity index (χ0) is 14.8. The van der Waals surface area contributed by atoms with E-state index in [0.29, 0.717) is 0 Å². The number of hydrogen-bond donors (Lipinski definition) is 2. The maximum Gasteiger partial charge on any atom is 0.322 e. The SMILES string of the molecule is CC(C)(C)c1ccccc1NC(=O)N1CCC[C@H]1CO. The van der Waals surface area contributed by atoms with E-state index < -0.39 is 0 Å². The molecule has 0 saturated carbocycles. The second-order valence-electron chi connectivity index (χ2n) is 6.40. The molecule has 0 bridgehead atoms. The summed E-state index contributed by atoms with van der Waals surface area (Å²) in [7, 11) is 0. The molecule has 1 saturated heterocycles. The van der Waals surface area contributed by atoms with Crippen molar-refractivity contribution < 1.29 is 9.90 Å². The van der Waals surface area contributed by atoms with Gasteiger partial charge in [-0.25, -0.2) is 4.79 Å². The molecule has 2 N–H and O–H groups in total. The molecule has 1 aromatic rings. The fourth-order valence-corrected chi connectivity index (χ4v) is 2.73. The Kier molecular flexibility index (Phi) is 4.33. The number of carbonyl (C=O) groups excluding carboxylic acids is 1. The standard InChI is InChI=1S/C16H24N2O2/c1-16(2,3)13-8-4-5-9-14(13)17-15(20)18-10-6-7-12(18)11-19/h4-5,8-9,12,19H,6-7,10-11H2,1-3H3,(H,17,20)/t12-/m0/s1. The predicted molar refractivity (Wildman–Crippen MR) is 81.0 cm³/mol. The number of carbonyl (C=O) groups is 1. The van der Waals surface area contributed by atoms with E-state index in [4.69, 9.17) is 0 Å². The summed E-state index contributed by atoms with van der Waals surface area (Å²) in [6.07, 6.45) is 1.84. The van der Waals surface area contributed by atoms with Gasteiger partial charge in [-0.3, -0.25) is 0 Å². The second-order valence-corrected chi connectivity index (χ2v) is 6.40. The van der Waals surface area contributed by atoms with E-state index in [1.165, 1.54) is 0 Å². The van der Waals surface area contributed by atoms with Crippen molar-refractivity contribution in [1.29, 1.82) is 0 Å². The highest BCUT2D eigenvalue weighted by molar-refractivity contribution is 5.90. The number of nitrogens with zero attached hydrogens (tertiary/aromatic N) is 1. The lowest BCUT2D eigenvalue weighted by molar-refractivity contribution is 0.166. The molecule has 1 aromatic carbocycles. The summed E-state index contributed by atoms with van der Waals surface area (Å²) in [6.45, 7) is 7.14. The van der Waals surface area contributed by atoms with Crippen LogP contribution in [-0.2, 0) is 5.41 Å². The topological polar surface area (TPSA) is 52.6 Å². The molecule has 4 nitrogen and oxygen atoms in total. The zero-order valence-electron chi connectivity index (χ0n) is 12.5. The van der Waals surface area contributed by atoms with Gasteiger partial charge in [-0.05, 0) is 29.9 Å². The van der Waals surface area contributed by atoms with Crippen molar-refractivity contribution in [1.82, 2.24) is 4.90 Å². The van der Waals surface area contributed by atoms with Crippen LogP contribution >= 0.6 is 0 Å². The number of amides is 2. The van der Waals surface area contributed by atoms with Crippen molar-refractivity contribution in [3.05, 3.63) is 29.8 Å². The largest absolute Gasteiger partial charge is 0.394 e. The molecular weight excluding hydrogens is 252 g/mol. The van der Waals surface area contributed by atoms with E-state index >= 15 is 0 Å². The molecule has 20 heavy (non-hydrogen) atoms. The van der Waals surface area contributed by atoms with Crippen molar-refractivity contribution in [2.75, 3.05) is 18.5 Å². The van der Waals surface area contributed by atoms with Crippen LogP contribution in [0.1, 0.15) is 39.2 Å². The first-order chi connectivity index (χ1) is 9.43. The van der Waals surface area contributed by atoms with Gasteiger partial charge in [0, 0.05) is 12.2 Å². The van der Waals surface area contributed by atoms with Crippen LogP contribution in [0.3, 0.4) is 0 Å². The summed E-state index contributed by atoms with van der Waals surface area (Å²) in [4.78, 5) is 14.1. The number of rotatable bonds is 2. The Balaban J connectivity index is 2.16. The minimum absolute atomic E-state index is 0.0226. The van der Waals surface area contributed by atoms with Crippen LogP contribution in [-0.4, -0.2) is 35.2 Å². The van der Waals surface area contributed by atoms with Gasteiger partial charge in [-0.2, -0.15) is 0 Å². The molecule has 1 aliphatic heterocycles. The number of urea groups is 1. The number of likely N-dealkylation sites (tertiary alicyclic amines) is 1. The predicted octanol–water partition coefficient (Wildman–Crippen LogP) is 2.97. The highest BCUT2D eigenvalue weighted by Gasteiger charge is 2.29. The van der Waals surface area contributed by atoms with E-state index in [-0.39, 0.29) is 24.1 Å². The summed E-state index contributed by atoms with van der Waals surface area (Å²) in [5, 5.41) is 12.3. The van der Waals surface area contributed by atoms with Crippen LogP contribution in [0.5, 0.6) is 0 Å². The van der Waals surface area contributed by atoms with Gasteiger partial charge in [0.15, 0.2) is 0 Å². The fraction of sp³-hybridized carbons (Fsp3) is 0.562. The molecule has 0 unspecified atom stereocenters. The average Bonchev–Trinajstić information content (AvgIpc) is 2.86. The molecule has 0 spiro atoms. The van der Waals surface area contributed by atoms with Crippen molar-refractivity contribution in [2.45, 2.75) is 45.1 Å². The quantitative estimate of drug-likeness (QED) is 0.872. The van der Waals surface area contributed by atoms with Gasteiger partial charge >= 0.3 is 6.03 Å².